The molecule has 1 fully saturated rings. The molecule has 0 N–H and O–H groups in total. The van der Waals surface area contributed by atoms with Crippen LogP contribution in [0.15, 0.2) is 40.3 Å². The second kappa shape index (κ2) is 8.16. The summed E-state index contributed by atoms with van der Waals surface area (Å²) in [6.07, 6.45) is 1.77. The molecule has 0 saturated carbocycles. The molecule has 2 aromatic heterocycles. The lowest BCUT2D eigenvalue weighted by atomic mass is 9.99. The Morgan fingerprint density at radius 3 is 2.73 bits per heavy atom. The maximum absolute atomic E-state index is 5.49. The molecule has 0 aliphatic carbocycles. The van der Waals surface area contributed by atoms with Crippen LogP contribution in [0.1, 0.15) is 24.5 Å². The van der Waals surface area contributed by atoms with Gasteiger partial charge in [-0.3, -0.25) is 9.80 Å². The van der Waals surface area contributed by atoms with Crippen LogP contribution in [-0.4, -0.2) is 35.5 Å². The summed E-state index contributed by atoms with van der Waals surface area (Å²) in [5, 5.41) is 2.17. The van der Waals surface area contributed by atoms with Gasteiger partial charge in [0.1, 0.15) is 5.76 Å². The fraction of sp³-hybridized carbons (Fsp3) is 0.529. The van der Waals surface area contributed by atoms with Gasteiger partial charge in [-0.15, -0.1) is 23.7 Å². The van der Waals surface area contributed by atoms with Crippen LogP contribution >= 0.6 is 23.7 Å². The minimum absolute atomic E-state index is 0. The molecule has 22 heavy (non-hydrogen) atoms. The first-order valence-corrected chi connectivity index (χ1v) is 8.61. The van der Waals surface area contributed by atoms with Gasteiger partial charge in [0.15, 0.2) is 0 Å². The van der Waals surface area contributed by atoms with Crippen molar-refractivity contribution in [3.05, 3.63) is 46.5 Å². The Morgan fingerprint density at radius 1 is 1.23 bits per heavy atom. The zero-order chi connectivity index (χ0) is 14.7. The average molecular weight is 341 g/mol. The first-order chi connectivity index (χ1) is 10.2. The molecule has 0 unspecified atom stereocenters. The largest absolute Gasteiger partial charge is 0.468 e. The van der Waals surface area contributed by atoms with E-state index in [2.05, 4.69) is 47.2 Å². The molecule has 0 aromatic carbocycles. The Balaban J connectivity index is 0.00000176. The molecule has 0 radical (unpaired) electrons. The zero-order valence-corrected chi connectivity index (χ0v) is 14.9. The smallest absolute Gasteiger partial charge is 0.117 e. The van der Waals surface area contributed by atoms with E-state index in [1.54, 1.807) is 6.26 Å². The lowest BCUT2D eigenvalue weighted by Crippen LogP contribution is -2.54. The summed E-state index contributed by atoms with van der Waals surface area (Å²) in [5.74, 6) is 1.74. The molecule has 122 valence electrons. The SMILES string of the molecule is CC(C)[C@H]1CN(Cc2ccco2)CCN1Cc1cccs1.Cl. The van der Waals surface area contributed by atoms with Crippen LogP contribution in [-0.2, 0) is 13.1 Å². The van der Waals surface area contributed by atoms with Crippen LogP contribution in [0.3, 0.4) is 0 Å². The highest BCUT2D eigenvalue weighted by Gasteiger charge is 2.29. The first-order valence-electron chi connectivity index (χ1n) is 7.73. The number of furan rings is 1. The van der Waals surface area contributed by atoms with E-state index < -0.39 is 0 Å². The van der Waals surface area contributed by atoms with E-state index in [1.807, 2.05) is 17.4 Å². The topological polar surface area (TPSA) is 19.6 Å². The molecular formula is C17H25ClN2OS. The van der Waals surface area contributed by atoms with Crippen LogP contribution in [0.25, 0.3) is 0 Å². The predicted molar refractivity (Wildman–Crippen MR) is 94.6 cm³/mol. The van der Waals surface area contributed by atoms with Crippen LogP contribution in [0.5, 0.6) is 0 Å². The van der Waals surface area contributed by atoms with Gasteiger partial charge in [0.25, 0.3) is 0 Å². The van der Waals surface area contributed by atoms with E-state index in [0.717, 1.165) is 38.5 Å². The van der Waals surface area contributed by atoms with E-state index in [4.69, 9.17) is 4.42 Å². The van der Waals surface area contributed by atoms with Gasteiger partial charge in [-0.2, -0.15) is 0 Å². The molecule has 0 spiro atoms. The molecule has 5 heteroatoms. The maximum Gasteiger partial charge on any atom is 0.117 e. The van der Waals surface area contributed by atoms with Gasteiger partial charge in [0, 0.05) is 37.1 Å². The second-order valence-electron chi connectivity index (χ2n) is 6.18. The number of hydrogen-bond acceptors (Lipinski definition) is 4. The summed E-state index contributed by atoms with van der Waals surface area (Å²) in [6, 6.07) is 9.07. The van der Waals surface area contributed by atoms with Crippen molar-refractivity contribution < 1.29 is 4.42 Å². The minimum Gasteiger partial charge on any atom is -0.468 e. The van der Waals surface area contributed by atoms with Crippen molar-refractivity contribution in [2.24, 2.45) is 5.92 Å². The van der Waals surface area contributed by atoms with E-state index in [1.165, 1.54) is 4.88 Å². The molecule has 0 amide bonds. The molecule has 2 aromatic rings. The Hall–Kier alpha value is -0.810. The fourth-order valence-corrected chi connectivity index (χ4v) is 3.83. The summed E-state index contributed by atoms with van der Waals surface area (Å²) in [7, 11) is 0. The standard InChI is InChI=1S/C17H24N2OS.ClH/c1-14(2)17-13-18(11-15-5-3-9-20-15)7-8-19(17)12-16-6-4-10-21-16;/h3-6,9-10,14,17H,7-8,11-13H2,1-2H3;1H/t17-;/m1./s1. The van der Waals surface area contributed by atoms with Gasteiger partial charge in [-0.05, 0) is 29.5 Å². The number of rotatable bonds is 5. The monoisotopic (exact) mass is 340 g/mol. The third-order valence-corrected chi connectivity index (χ3v) is 5.15. The van der Waals surface area contributed by atoms with Crippen molar-refractivity contribution in [1.82, 2.24) is 9.80 Å². The molecule has 1 atom stereocenters. The quantitative estimate of drug-likeness (QED) is 0.816. The van der Waals surface area contributed by atoms with Crippen molar-refractivity contribution in [2.75, 3.05) is 19.6 Å². The third kappa shape index (κ3) is 4.35. The predicted octanol–water partition coefficient (Wildman–Crippen LogP) is 4.11. The van der Waals surface area contributed by atoms with Gasteiger partial charge in [0.2, 0.25) is 0 Å². The Bertz CT molecular complexity index is 527. The maximum atomic E-state index is 5.49. The third-order valence-electron chi connectivity index (χ3n) is 4.29. The molecular weight excluding hydrogens is 316 g/mol. The molecule has 1 aliphatic heterocycles. The van der Waals surface area contributed by atoms with Crippen molar-refractivity contribution in [1.29, 1.82) is 0 Å². The lowest BCUT2D eigenvalue weighted by molar-refractivity contribution is 0.0381. The van der Waals surface area contributed by atoms with E-state index >= 15 is 0 Å². The lowest BCUT2D eigenvalue weighted by Gasteiger charge is -2.43. The van der Waals surface area contributed by atoms with E-state index in [9.17, 15) is 0 Å². The average Bonchev–Trinajstić information content (AvgIpc) is 3.13. The summed E-state index contributed by atoms with van der Waals surface area (Å²) in [5.41, 5.74) is 0. The number of thiophene rings is 1. The van der Waals surface area contributed by atoms with Crippen LogP contribution in [0.2, 0.25) is 0 Å². The van der Waals surface area contributed by atoms with Crippen molar-refractivity contribution >= 4 is 23.7 Å². The molecule has 0 bridgehead atoms. The van der Waals surface area contributed by atoms with E-state index in [-0.39, 0.29) is 12.4 Å². The first kappa shape index (κ1) is 17.5. The second-order valence-corrected chi connectivity index (χ2v) is 7.21. The van der Waals surface area contributed by atoms with Gasteiger partial charge in [0.05, 0.1) is 12.8 Å². The van der Waals surface area contributed by atoms with Crippen molar-refractivity contribution in [2.45, 2.75) is 33.0 Å². The van der Waals surface area contributed by atoms with Gasteiger partial charge < -0.3 is 4.42 Å². The van der Waals surface area contributed by atoms with E-state index in [0.29, 0.717) is 12.0 Å². The number of hydrogen-bond donors (Lipinski definition) is 0. The summed E-state index contributed by atoms with van der Waals surface area (Å²) < 4.78 is 5.49. The molecule has 3 heterocycles. The normalized spacial score (nSPS) is 20.2. The highest BCUT2D eigenvalue weighted by molar-refractivity contribution is 7.09. The van der Waals surface area contributed by atoms with Crippen molar-refractivity contribution in [3.63, 3.8) is 0 Å². The van der Waals surface area contributed by atoms with Gasteiger partial charge in [-0.1, -0.05) is 19.9 Å². The summed E-state index contributed by atoms with van der Waals surface area (Å²) >= 11 is 1.86. The highest BCUT2D eigenvalue weighted by atomic mass is 35.5. The molecule has 1 aliphatic rings. The van der Waals surface area contributed by atoms with Gasteiger partial charge >= 0.3 is 0 Å². The Kier molecular flexibility index (Phi) is 6.50. The highest BCUT2D eigenvalue weighted by Crippen LogP contribution is 2.22. The van der Waals surface area contributed by atoms with Gasteiger partial charge in [-0.25, -0.2) is 0 Å². The number of halogens is 1. The molecule has 3 nitrogen and oxygen atoms in total. The van der Waals surface area contributed by atoms with Crippen LogP contribution in [0, 0.1) is 5.92 Å². The van der Waals surface area contributed by atoms with Crippen molar-refractivity contribution in [3.8, 4) is 0 Å². The Labute approximate surface area is 143 Å². The number of nitrogens with zero attached hydrogens (tertiary/aromatic N) is 2. The Morgan fingerprint density at radius 2 is 2.09 bits per heavy atom. The summed E-state index contributed by atoms with van der Waals surface area (Å²) in [6.45, 7) is 10.1. The van der Waals surface area contributed by atoms with Crippen LogP contribution < -0.4 is 0 Å². The zero-order valence-electron chi connectivity index (χ0n) is 13.3. The molecule has 3 rings (SSSR count). The van der Waals surface area contributed by atoms with Crippen LogP contribution in [0.4, 0.5) is 0 Å². The number of piperazine rings is 1. The molecule has 1 saturated heterocycles. The summed E-state index contributed by atoms with van der Waals surface area (Å²) in [4.78, 5) is 6.64. The fourth-order valence-electron chi connectivity index (χ4n) is 3.11. The minimum atomic E-state index is 0.